The van der Waals surface area contributed by atoms with Gasteiger partial charge in [-0.25, -0.2) is 17.2 Å². The van der Waals surface area contributed by atoms with Crippen molar-refractivity contribution in [2.75, 3.05) is 208 Å². The Morgan fingerprint density at radius 3 is 1.01 bits per heavy atom. The number of quaternary nitrogens is 2. The van der Waals surface area contributed by atoms with Crippen LogP contribution in [-0.2, 0) is 148 Å². The van der Waals surface area contributed by atoms with Crippen LogP contribution < -0.4 is 52.1 Å². The van der Waals surface area contributed by atoms with E-state index in [9.17, 15) is 12.6 Å². The first kappa shape index (κ1) is 207. The number of nitrogens with zero attached hydrogens (tertiary/aromatic N) is 9. The second-order valence-electron chi connectivity index (χ2n) is 28.9. The van der Waals surface area contributed by atoms with Gasteiger partial charge in [-0.3, -0.25) is 11.2 Å². The Bertz CT molecular complexity index is 2740. The van der Waals surface area contributed by atoms with Crippen molar-refractivity contribution >= 4 is 61.1 Å². The van der Waals surface area contributed by atoms with E-state index in [0.717, 1.165) is 53.8 Å². The summed E-state index contributed by atoms with van der Waals surface area (Å²) in [5, 5.41) is 6.29. The number of benzene rings is 4. The molecule has 0 bridgehead atoms. The van der Waals surface area contributed by atoms with Crippen molar-refractivity contribution in [3.63, 3.8) is 0 Å². The molecule has 0 aliphatic carbocycles. The average molecular weight is 2240 g/mol. The molecule has 820 valence electrons. The fraction of sp³-hybridized carbons (Fsp3) is 0.670. The molecule has 17 nitrogen and oxygen atoms in total. The number of hydrogen-bond acceptors (Lipinski definition) is 13. The smallest absolute Gasteiger partial charge is 0.330 e. The molecule has 0 saturated carbocycles. The normalized spacial score (nSPS) is 10.3. The van der Waals surface area contributed by atoms with Gasteiger partial charge in [0.1, 0.15) is 24.4 Å². The van der Waals surface area contributed by atoms with Crippen LogP contribution in [0.25, 0.3) is 0 Å². The van der Waals surface area contributed by atoms with Crippen LogP contribution in [0.5, 0.6) is 0 Å². The Labute approximate surface area is 942 Å². The molecule has 1 fully saturated rings. The van der Waals surface area contributed by atoms with E-state index in [1.165, 1.54) is 151 Å². The Hall–Kier alpha value is -1.59. The van der Waals surface area contributed by atoms with Crippen LogP contribution in [0.4, 0.5) is 0 Å². The van der Waals surface area contributed by atoms with E-state index >= 15 is 0 Å². The van der Waals surface area contributed by atoms with Crippen molar-refractivity contribution in [1.82, 2.24) is 35.0 Å². The van der Waals surface area contributed by atoms with Crippen molar-refractivity contribution in [2.45, 2.75) is 282 Å². The van der Waals surface area contributed by atoms with Crippen molar-refractivity contribution in [3.05, 3.63) is 188 Å². The van der Waals surface area contributed by atoms with Crippen LogP contribution >= 0.6 is 11.8 Å². The molecule has 1 aromatic heterocycles. The topological polar surface area (TPSA) is 128 Å². The summed E-state index contributed by atoms with van der Waals surface area (Å²) >= 11 is -1.91. The van der Waals surface area contributed by atoms with Gasteiger partial charge >= 0.3 is 5.17 Å². The molecule has 0 amide bonds. The minimum atomic E-state index is -1.17. The standard InChI is InChI=1S/C10H22N.C9H12.2C8H10.C7H8N2S.C7H10N.C7H8.C6H16N.C5H13NO2S.C4H11NO2S.C4H11S.C3H9NO2S.2C3H9N.C3H8N.2C3H8.4C2H6.C2H5.6CH4.3ClH.2Y/c1-4-11(5-2)8-6-10(3)7-9-11;1-2-6-9-7-4-3-5-8-9;2*1-2-8-6-4-3-5-7-8;1-4-8-7(9-5-2)10-6-3;1-2-8-6-4-3-5-7-8;1-7-5-3-2-4-6-7;1-5-6-7(2,3)4;1-6(2)4-5-8-9(3)7;1-4-5(2)7-8(3)6;1-4-5(2)3;1-4(2)6-7(3)5;3*1-4(2)3;2*1-3-2;5*1-2;;;;;;;;;;;/h10H,4-9H2,1-3H3;3-5,7-8H,2,6H2,1H3;2*3-7H,2H2,1H3;1-2H,6H2,3H3,(H,8,9);3-7H,2H2,1H3;2-6H,1H3;5-6H2,1-4H3;4-5H2,1-3H3;4H2,1-3H3;4H2,1-3H3;1-3H3;2*1-3H3;1H2,2-3H3;2*3H2,1-2H3;4*1-2H3;1H2,2H3;6*1H4;3*1H;;/q+1;;;;;+1;;+1;;;+1;;;;-1;;;;;;;-1;;;;;;;;;;;/p-2. The summed E-state index contributed by atoms with van der Waals surface area (Å²) in [6, 6.07) is 52.4. The monoisotopic (exact) mass is 2240 g/mol. The van der Waals surface area contributed by atoms with Gasteiger partial charge in [0, 0.05) is 136 Å². The van der Waals surface area contributed by atoms with E-state index in [-0.39, 0.29) is 147 Å². The van der Waals surface area contributed by atoms with Gasteiger partial charge < -0.3 is 72.7 Å². The SMILES string of the molecule is C.C.C.C.C.C.C#CNC(=[NH+]C#C)SCC.CC.CC.CC.CC.CCC.CCC.CCC[N+](C)(C)C.CCCc1ccccc1.CCN(C)OS(C)=O.CC[N+]1(CC)CCC(C)CC1.CC[S+](C)C.CC[n+]1ccccc1.CCc1ccccc1.CCc1ccccc1.CN(C)C.CN(C)C.CN(C)CCOS(C)=O.CN(C)OS(C)=O.Cc1ccccc1.[CH2-]C.[CH2-]N(C)C.[Cl-].[Cl-].[Cl-].[Y].[Y]. The van der Waals surface area contributed by atoms with E-state index in [1.54, 1.807) is 33.0 Å². The second-order valence-corrected chi connectivity index (χ2v) is 35.6. The summed E-state index contributed by atoms with van der Waals surface area (Å²) < 4.78 is 49.3. The molecule has 1 saturated heterocycles. The summed E-state index contributed by atoms with van der Waals surface area (Å²) in [6.07, 6.45) is 34.5. The molecule has 5 aromatic rings. The number of amidine groups is 1. The third kappa shape index (κ3) is 246. The largest absolute Gasteiger partial charge is 1.00 e. The number of piperidine rings is 1. The van der Waals surface area contributed by atoms with Crippen molar-refractivity contribution in [1.29, 1.82) is 0 Å². The third-order valence-electron chi connectivity index (χ3n) is 13.4. The molecule has 6 rings (SSSR count). The number of hydroxylamine groups is 4. The van der Waals surface area contributed by atoms with Gasteiger partial charge in [0.05, 0.1) is 73.0 Å². The maximum absolute atomic E-state index is 10.3. The van der Waals surface area contributed by atoms with Crippen LogP contribution in [0.3, 0.4) is 0 Å². The summed E-state index contributed by atoms with van der Waals surface area (Å²) in [6.45, 7) is 65.6. The minimum Gasteiger partial charge on any atom is -1.00 e. The zero-order chi connectivity index (χ0) is 101. The van der Waals surface area contributed by atoms with Crippen molar-refractivity contribution < 1.29 is 147 Å². The summed E-state index contributed by atoms with van der Waals surface area (Å²) in [7, 11) is 35.6. The van der Waals surface area contributed by atoms with Gasteiger partial charge in [-0.05, 0) is 189 Å². The summed E-state index contributed by atoms with van der Waals surface area (Å²) in [5.74, 6) is 3.25. The zero-order valence-electron chi connectivity index (χ0n) is 93.0. The maximum atomic E-state index is 10.3. The average Bonchev–Trinajstić information content (AvgIpc) is 0.852. The van der Waals surface area contributed by atoms with Gasteiger partial charge in [0.15, 0.2) is 45.6 Å². The molecule has 3 atom stereocenters. The first-order valence-corrected chi connectivity index (χ1v) is 53.3. The fourth-order valence-electron chi connectivity index (χ4n) is 7.47. The van der Waals surface area contributed by atoms with Gasteiger partial charge in [-0.15, -0.1) is 0 Å². The number of nitrogens with one attached hydrogen (secondary N) is 2. The number of terminal acetylenes is 2. The van der Waals surface area contributed by atoms with Gasteiger partial charge in [0.25, 0.3) is 0 Å². The van der Waals surface area contributed by atoms with Crippen molar-refractivity contribution in [2.24, 2.45) is 5.92 Å². The molecule has 136 heavy (non-hydrogen) atoms. The van der Waals surface area contributed by atoms with E-state index in [0.29, 0.717) is 17.5 Å². The minimum absolute atomic E-state index is 0. The van der Waals surface area contributed by atoms with Crippen LogP contribution in [0.1, 0.15) is 272 Å². The molecule has 2 heterocycles. The number of pyridine rings is 1. The van der Waals surface area contributed by atoms with Gasteiger partial charge in [0.2, 0.25) is 0 Å². The third-order valence-corrected chi connectivity index (χ3v) is 16.8. The Kier molecular flexibility index (Phi) is 272. The van der Waals surface area contributed by atoms with Gasteiger partial charge in [-0.2, -0.15) is 35.9 Å². The Morgan fingerprint density at radius 2 is 0.846 bits per heavy atom. The van der Waals surface area contributed by atoms with Crippen LogP contribution in [0, 0.1) is 51.7 Å². The predicted molar refractivity (Wildman–Crippen MR) is 621 cm³/mol. The molecule has 27 heteroatoms. The molecular formula is C109H236Cl3N11O6S5Y2. The fourth-order valence-corrected chi connectivity index (χ4v) is 9.21. The molecule has 3 unspecified atom stereocenters. The first-order chi connectivity index (χ1) is 59.0. The Balaban J connectivity index is -0.0000000370. The van der Waals surface area contributed by atoms with Gasteiger partial charge in [-0.1, -0.05) is 341 Å². The molecule has 2 radical (unpaired) electrons. The summed E-state index contributed by atoms with van der Waals surface area (Å²) in [4.78, 5) is 10.4. The molecule has 2 N–H and O–H groups in total. The number of aryl methyl sites for hydroxylation is 5. The Morgan fingerprint density at radius 1 is 0.544 bits per heavy atom. The molecule has 1 aliphatic heterocycles. The molecule has 0 spiro atoms. The number of halogens is 3. The van der Waals surface area contributed by atoms with Crippen molar-refractivity contribution in [3.8, 4) is 24.9 Å². The number of aromatic nitrogens is 1. The van der Waals surface area contributed by atoms with Crippen LogP contribution in [0.2, 0.25) is 0 Å². The van der Waals surface area contributed by atoms with E-state index in [2.05, 4.69) is 279 Å². The number of likely N-dealkylation sites (N-methyl/N-ethyl adjacent to an activating group) is 1. The van der Waals surface area contributed by atoms with E-state index < -0.39 is 33.2 Å². The second kappa shape index (κ2) is 179. The number of thioether (sulfide) groups is 1. The van der Waals surface area contributed by atoms with Crippen LogP contribution in [0.15, 0.2) is 152 Å². The summed E-state index contributed by atoms with van der Waals surface area (Å²) in [5.41, 5.74) is 5.59. The zero-order valence-corrected chi connectivity index (χ0v) is 105. The van der Waals surface area contributed by atoms with Crippen LogP contribution in [-0.4, -0.2) is 264 Å². The molecular weight excluding hydrogens is 2000 g/mol. The maximum Gasteiger partial charge on any atom is 0.330 e. The van der Waals surface area contributed by atoms with E-state index in [1.807, 2.05) is 203 Å². The molecule has 4 aromatic carbocycles. The molecule has 1 aliphatic rings. The quantitative estimate of drug-likeness (QED) is 0.00883. The number of hydrogen-bond donors (Lipinski definition) is 2. The first-order valence-electron chi connectivity index (χ1n) is 45.6. The number of rotatable bonds is 20. The predicted octanol–water partition coefficient (Wildman–Crippen LogP) is 16.4. The number of likely N-dealkylation sites (tertiary alicyclic amines) is 1. The van der Waals surface area contributed by atoms with E-state index in [4.69, 9.17) is 21.3 Å².